The second-order valence-electron chi connectivity index (χ2n) is 6.06. The molecule has 20 heavy (non-hydrogen) atoms. The van der Waals surface area contributed by atoms with Crippen LogP contribution in [0.4, 0.5) is 0 Å². The second-order valence-corrected chi connectivity index (χ2v) is 6.06. The number of hydrogen-bond acceptors (Lipinski definition) is 2. The summed E-state index contributed by atoms with van der Waals surface area (Å²) in [7, 11) is 0. The minimum absolute atomic E-state index is 0.200. The molecule has 0 bridgehead atoms. The molecule has 1 unspecified atom stereocenters. The van der Waals surface area contributed by atoms with E-state index in [1.807, 2.05) is 0 Å². The van der Waals surface area contributed by atoms with Gasteiger partial charge in [0, 0.05) is 19.1 Å². The standard InChI is InChI=1S/C17H24N2O/c1-2-13-3-5-14(6-4-13)12-19(16-7-8-16)17(20)15-9-10-18-11-15/h3-6,15-16,18H,2,7-12H2,1H3. The van der Waals surface area contributed by atoms with E-state index in [1.165, 1.54) is 24.0 Å². The lowest BCUT2D eigenvalue weighted by molar-refractivity contribution is -0.136. The molecule has 2 aliphatic rings. The van der Waals surface area contributed by atoms with Crippen LogP contribution in [0.5, 0.6) is 0 Å². The van der Waals surface area contributed by atoms with Gasteiger partial charge in [-0.3, -0.25) is 4.79 Å². The zero-order valence-corrected chi connectivity index (χ0v) is 12.3. The van der Waals surface area contributed by atoms with E-state index in [0.717, 1.165) is 32.5 Å². The number of nitrogens with zero attached hydrogens (tertiary/aromatic N) is 1. The lowest BCUT2D eigenvalue weighted by atomic mass is 10.1. The summed E-state index contributed by atoms with van der Waals surface area (Å²) >= 11 is 0. The summed E-state index contributed by atoms with van der Waals surface area (Å²) in [5, 5.41) is 3.30. The summed E-state index contributed by atoms with van der Waals surface area (Å²) in [4.78, 5) is 14.8. The van der Waals surface area contributed by atoms with Gasteiger partial charge in [0.25, 0.3) is 0 Å². The first-order chi connectivity index (χ1) is 9.78. The highest BCUT2D eigenvalue weighted by atomic mass is 16.2. The van der Waals surface area contributed by atoms with E-state index in [4.69, 9.17) is 0 Å². The molecule has 1 atom stereocenters. The molecule has 1 saturated carbocycles. The van der Waals surface area contributed by atoms with Gasteiger partial charge in [-0.1, -0.05) is 31.2 Å². The Bertz CT molecular complexity index is 458. The van der Waals surface area contributed by atoms with Crippen LogP contribution in [0.25, 0.3) is 0 Å². The van der Waals surface area contributed by atoms with Gasteiger partial charge in [0.2, 0.25) is 5.91 Å². The SMILES string of the molecule is CCc1ccc(CN(C(=O)C2CCNC2)C2CC2)cc1. The Labute approximate surface area is 121 Å². The second kappa shape index (κ2) is 5.96. The number of carbonyl (C=O) groups excluding carboxylic acids is 1. The predicted molar refractivity (Wildman–Crippen MR) is 80.4 cm³/mol. The number of amides is 1. The molecule has 108 valence electrons. The zero-order valence-electron chi connectivity index (χ0n) is 12.3. The largest absolute Gasteiger partial charge is 0.335 e. The molecule has 1 aromatic rings. The normalized spacial score (nSPS) is 21.9. The van der Waals surface area contributed by atoms with Crippen molar-refractivity contribution >= 4 is 5.91 Å². The van der Waals surface area contributed by atoms with Gasteiger partial charge in [-0.15, -0.1) is 0 Å². The van der Waals surface area contributed by atoms with Crippen molar-refractivity contribution in [1.82, 2.24) is 10.2 Å². The van der Waals surface area contributed by atoms with Gasteiger partial charge in [0.15, 0.2) is 0 Å². The van der Waals surface area contributed by atoms with E-state index in [2.05, 4.69) is 41.4 Å². The summed E-state index contributed by atoms with van der Waals surface area (Å²) in [6.07, 6.45) is 4.42. The van der Waals surface area contributed by atoms with Crippen LogP contribution in [0.1, 0.15) is 37.3 Å². The van der Waals surface area contributed by atoms with Crippen molar-refractivity contribution in [2.45, 2.75) is 45.2 Å². The minimum atomic E-state index is 0.200. The third kappa shape index (κ3) is 3.04. The summed E-state index contributed by atoms with van der Waals surface area (Å²) in [5.74, 6) is 0.558. The van der Waals surface area contributed by atoms with Crippen molar-refractivity contribution in [2.75, 3.05) is 13.1 Å². The first kappa shape index (κ1) is 13.6. The van der Waals surface area contributed by atoms with Gasteiger partial charge in [-0.2, -0.15) is 0 Å². The molecule has 1 amide bonds. The van der Waals surface area contributed by atoms with Crippen LogP contribution in [0.15, 0.2) is 24.3 Å². The van der Waals surface area contributed by atoms with E-state index >= 15 is 0 Å². The molecule has 1 aliphatic heterocycles. The van der Waals surface area contributed by atoms with Crippen LogP contribution in [0.2, 0.25) is 0 Å². The van der Waals surface area contributed by atoms with E-state index in [9.17, 15) is 4.79 Å². The summed E-state index contributed by atoms with van der Waals surface area (Å²) in [5.41, 5.74) is 2.62. The average molecular weight is 272 g/mol. The topological polar surface area (TPSA) is 32.3 Å². The lowest BCUT2D eigenvalue weighted by Gasteiger charge is -2.25. The Kier molecular flexibility index (Phi) is 4.06. The molecule has 1 aromatic carbocycles. The Morgan fingerprint density at radius 1 is 1.20 bits per heavy atom. The number of hydrogen-bond donors (Lipinski definition) is 1. The Balaban J connectivity index is 1.68. The van der Waals surface area contributed by atoms with Crippen molar-refractivity contribution in [3.05, 3.63) is 35.4 Å². The molecule has 0 radical (unpaired) electrons. The maximum atomic E-state index is 12.6. The molecule has 3 heteroatoms. The molecule has 0 aromatic heterocycles. The fraction of sp³-hybridized carbons (Fsp3) is 0.588. The van der Waals surface area contributed by atoms with E-state index in [1.54, 1.807) is 0 Å². The highest BCUT2D eigenvalue weighted by Gasteiger charge is 2.36. The summed E-state index contributed by atoms with van der Waals surface area (Å²) in [6.45, 7) is 4.79. The fourth-order valence-corrected chi connectivity index (χ4v) is 2.95. The number of carbonyl (C=O) groups is 1. The van der Waals surface area contributed by atoms with Crippen molar-refractivity contribution in [2.24, 2.45) is 5.92 Å². The van der Waals surface area contributed by atoms with Crippen LogP contribution in [0.3, 0.4) is 0 Å². The molecule has 3 rings (SSSR count). The van der Waals surface area contributed by atoms with E-state index in [-0.39, 0.29) is 5.92 Å². The van der Waals surface area contributed by atoms with Crippen molar-refractivity contribution < 1.29 is 4.79 Å². The van der Waals surface area contributed by atoms with Crippen LogP contribution in [0, 0.1) is 5.92 Å². The van der Waals surface area contributed by atoms with Gasteiger partial charge in [-0.25, -0.2) is 0 Å². The molecule has 1 N–H and O–H groups in total. The van der Waals surface area contributed by atoms with Crippen molar-refractivity contribution in [1.29, 1.82) is 0 Å². The average Bonchev–Trinajstić information content (AvgIpc) is 3.18. The van der Waals surface area contributed by atoms with Crippen molar-refractivity contribution in [3.8, 4) is 0 Å². The fourth-order valence-electron chi connectivity index (χ4n) is 2.95. The van der Waals surface area contributed by atoms with Gasteiger partial charge in [-0.05, 0) is 43.4 Å². The smallest absolute Gasteiger partial charge is 0.227 e. The minimum Gasteiger partial charge on any atom is -0.335 e. The van der Waals surface area contributed by atoms with E-state index < -0.39 is 0 Å². The molecule has 1 aliphatic carbocycles. The van der Waals surface area contributed by atoms with E-state index in [0.29, 0.717) is 11.9 Å². The Morgan fingerprint density at radius 3 is 2.45 bits per heavy atom. The molecule has 0 spiro atoms. The first-order valence-corrected chi connectivity index (χ1v) is 7.87. The van der Waals surface area contributed by atoms with Gasteiger partial charge in [0.1, 0.15) is 0 Å². The quantitative estimate of drug-likeness (QED) is 0.892. The molecular weight excluding hydrogens is 248 g/mol. The maximum Gasteiger partial charge on any atom is 0.227 e. The van der Waals surface area contributed by atoms with Crippen LogP contribution in [-0.2, 0) is 17.8 Å². The molecule has 1 heterocycles. The van der Waals surface area contributed by atoms with Gasteiger partial charge < -0.3 is 10.2 Å². The monoisotopic (exact) mass is 272 g/mol. The highest BCUT2D eigenvalue weighted by Crippen LogP contribution is 2.30. The van der Waals surface area contributed by atoms with Crippen LogP contribution >= 0.6 is 0 Å². The summed E-state index contributed by atoms with van der Waals surface area (Å²) in [6, 6.07) is 9.21. The van der Waals surface area contributed by atoms with Crippen LogP contribution < -0.4 is 5.32 Å². The Morgan fingerprint density at radius 2 is 1.90 bits per heavy atom. The van der Waals surface area contributed by atoms with Gasteiger partial charge in [0.05, 0.1) is 5.92 Å². The third-order valence-corrected chi connectivity index (χ3v) is 4.46. The predicted octanol–water partition coefficient (Wildman–Crippen LogP) is 2.35. The molecule has 2 fully saturated rings. The van der Waals surface area contributed by atoms with Crippen molar-refractivity contribution in [3.63, 3.8) is 0 Å². The highest BCUT2D eigenvalue weighted by molar-refractivity contribution is 5.80. The summed E-state index contributed by atoms with van der Waals surface area (Å²) < 4.78 is 0. The zero-order chi connectivity index (χ0) is 13.9. The number of nitrogens with one attached hydrogen (secondary N) is 1. The van der Waals surface area contributed by atoms with Gasteiger partial charge >= 0.3 is 0 Å². The number of rotatable bonds is 5. The third-order valence-electron chi connectivity index (χ3n) is 4.46. The molecule has 1 saturated heterocycles. The van der Waals surface area contributed by atoms with Crippen LogP contribution in [-0.4, -0.2) is 29.9 Å². The maximum absolute atomic E-state index is 12.6. The number of benzene rings is 1. The molecular formula is C17H24N2O. The molecule has 3 nitrogen and oxygen atoms in total. The lowest BCUT2D eigenvalue weighted by Crippen LogP contribution is -2.38. The Hall–Kier alpha value is -1.35. The first-order valence-electron chi connectivity index (χ1n) is 7.87. The number of aryl methyl sites for hydroxylation is 1.